The van der Waals surface area contributed by atoms with E-state index in [2.05, 4.69) is 4.90 Å². The normalized spacial score (nSPS) is 15.5. The van der Waals surface area contributed by atoms with E-state index in [0.717, 1.165) is 12.1 Å². The van der Waals surface area contributed by atoms with E-state index in [9.17, 15) is 14.7 Å². The maximum Gasteiger partial charge on any atom is 0.317 e. The van der Waals surface area contributed by atoms with Crippen molar-refractivity contribution in [2.75, 3.05) is 44.2 Å². The summed E-state index contributed by atoms with van der Waals surface area (Å²) in [6.45, 7) is 6.60. The minimum Gasteiger partial charge on any atom is -0.506 e. The lowest BCUT2D eigenvalue weighted by atomic mass is 10.2. The first-order chi connectivity index (χ1) is 11.9. The topological polar surface area (TPSA) is 84.3 Å². The first kappa shape index (κ1) is 22.1. The Bertz CT molecular complexity index is 606. The Morgan fingerprint density at radius 2 is 1.81 bits per heavy atom. The standard InChI is InChI=1S/C18H27N3O4.ClH/c1-3-8-21(13-17(23)24)14(2)18(25)20-11-9-19(10-12-20)15-6-4-5-7-16(15)22;/h4-7,14,22H,3,8-13H2,1-2H3,(H,23,24);1H. The van der Waals surface area contributed by atoms with Gasteiger partial charge in [-0.3, -0.25) is 14.5 Å². The third kappa shape index (κ3) is 5.51. The van der Waals surface area contributed by atoms with E-state index < -0.39 is 12.0 Å². The molecule has 0 aliphatic carbocycles. The number of halogens is 1. The van der Waals surface area contributed by atoms with Crippen molar-refractivity contribution in [3.05, 3.63) is 24.3 Å². The van der Waals surface area contributed by atoms with Crippen LogP contribution >= 0.6 is 12.4 Å². The van der Waals surface area contributed by atoms with Crippen molar-refractivity contribution in [1.82, 2.24) is 9.80 Å². The Morgan fingerprint density at radius 1 is 1.19 bits per heavy atom. The molecule has 1 aromatic rings. The number of nitrogens with zero attached hydrogens (tertiary/aromatic N) is 3. The number of carbonyl (C=O) groups excluding carboxylic acids is 1. The van der Waals surface area contributed by atoms with Crippen molar-refractivity contribution in [3.63, 3.8) is 0 Å². The molecule has 1 heterocycles. The minimum absolute atomic E-state index is 0. The molecule has 1 aliphatic heterocycles. The van der Waals surface area contributed by atoms with E-state index in [4.69, 9.17) is 5.11 Å². The van der Waals surface area contributed by atoms with E-state index in [-0.39, 0.29) is 30.6 Å². The van der Waals surface area contributed by atoms with Crippen LogP contribution in [0.5, 0.6) is 5.75 Å². The molecule has 0 aromatic heterocycles. The fourth-order valence-corrected chi connectivity index (χ4v) is 3.19. The summed E-state index contributed by atoms with van der Waals surface area (Å²) in [6.07, 6.45) is 0.798. The van der Waals surface area contributed by atoms with Crippen LogP contribution in [0.4, 0.5) is 5.69 Å². The first-order valence-corrected chi connectivity index (χ1v) is 8.71. The molecule has 0 radical (unpaired) electrons. The number of piperazine rings is 1. The number of phenolic OH excluding ortho intramolecular Hbond substituents is 1. The lowest BCUT2D eigenvalue weighted by Crippen LogP contribution is -2.55. The van der Waals surface area contributed by atoms with Gasteiger partial charge in [0.2, 0.25) is 5.91 Å². The highest BCUT2D eigenvalue weighted by molar-refractivity contribution is 5.85. The largest absolute Gasteiger partial charge is 0.506 e. The van der Waals surface area contributed by atoms with Crippen molar-refractivity contribution in [2.24, 2.45) is 0 Å². The molecule has 8 heteroatoms. The fourth-order valence-electron chi connectivity index (χ4n) is 3.19. The van der Waals surface area contributed by atoms with Crippen molar-refractivity contribution in [1.29, 1.82) is 0 Å². The Labute approximate surface area is 160 Å². The van der Waals surface area contributed by atoms with Gasteiger partial charge < -0.3 is 20.0 Å². The first-order valence-electron chi connectivity index (χ1n) is 8.71. The average Bonchev–Trinajstić information content (AvgIpc) is 2.60. The van der Waals surface area contributed by atoms with Crippen LogP contribution < -0.4 is 4.90 Å². The molecule has 1 aliphatic rings. The van der Waals surface area contributed by atoms with E-state index >= 15 is 0 Å². The molecule has 26 heavy (non-hydrogen) atoms. The predicted octanol–water partition coefficient (Wildman–Crippen LogP) is 1.65. The highest BCUT2D eigenvalue weighted by atomic mass is 35.5. The van der Waals surface area contributed by atoms with Crippen molar-refractivity contribution in [2.45, 2.75) is 26.3 Å². The summed E-state index contributed by atoms with van der Waals surface area (Å²) in [5.41, 5.74) is 0.779. The smallest absolute Gasteiger partial charge is 0.317 e. The van der Waals surface area contributed by atoms with Crippen LogP contribution in [0.3, 0.4) is 0 Å². The Kier molecular flexibility index (Phi) is 8.68. The summed E-state index contributed by atoms with van der Waals surface area (Å²) in [5.74, 6) is -0.713. The number of benzene rings is 1. The zero-order valence-electron chi connectivity index (χ0n) is 15.3. The molecule has 2 rings (SSSR count). The van der Waals surface area contributed by atoms with E-state index in [1.807, 2.05) is 19.1 Å². The van der Waals surface area contributed by atoms with Crippen LogP contribution in [-0.2, 0) is 9.59 Å². The zero-order chi connectivity index (χ0) is 18.4. The lowest BCUT2D eigenvalue weighted by Gasteiger charge is -2.38. The summed E-state index contributed by atoms with van der Waals surface area (Å²) >= 11 is 0. The molecule has 1 saturated heterocycles. The fraction of sp³-hybridized carbons (Fsp3) is 0.556. The van der Waals surface area contributed by atoms with E-state index in [0.29, 0.717) is 32.7 Å². The van der Waals surface area contributed by atoms with Crippen molar-refractivity contribution < 1.29 is 19.8 Å². The monoisotopic (exact) mass is 385 g/mol. The highest BCUT2D eigenvalue weighted by Crippen LogP contribution is 2.27. The maximum atomic E-state index is 12.7. The summed E-state index contributed by atoms with van der Waals surface area (Å²) in [7, 11) is 0. The number of carboxylic acids is 1. The molecule has 1 amide bonds. The average molecular weight is 386 g/mol. The third-order valence-corrected chi connectivity index (χ3v) is 4.57. The summed E-state index contributed by atoms with van der Waals surface area (Å²) in [4.78, 5) is 29.3. The van der Waals surface area contributed by atoms with Gasteiger partial charge in [-0.1, -0.05) is 19.1 Å². The van der Waals surface area contributed by atoms with Gasteiger partial charge in [0.05, 0.1) is 18.3 Å². The number of amides is 1. The summed E-state index contributed by atoms with van der Waals surface area (Å²) in [5, 5.41) is 19.0. The second-order valence-corrected chi connectivity index (χ2v) is 6.34. The predicted molar refractivity (Wildman–Crippen MR) is 103 cm³/mol. The highest BCUT2D eigenvalue weighted by Gasteiger charge is 2.29. The molecule has 7 nitrogen and oxygen atoms in total. The molecular weight excluding hydrogens is 358 g/mol. The number of anilines is 1. The maximum absolute atomic E-state index is 12.7. The van der Waals surface area contributed by atoms with Gasteiger partial charge in [-0.2, -0.15) is 0 Å². The number of carbonyl (C=O) groups is 2. The van der Waals surface area contributed by atoms with Gasteiger partial charge >= 0.3 is 5.97 Å². The zero-order valence-corrected chi connectivity index (χ0v) is 16.1. The summed E-state index contributed by atoms with van der Waals surface area (Å²) < 4.78 is 0. The number of para-hydroxylation sites is 2. The van der Waals surface area contributed by atoms with Gasteiger partial charge in [0.15, 0.2) is 0 Å². The third-order valence-electron chi connectivity index (χ3n) is 4.57. The molecule has 2 N–H and O–H groups in total. The van der Waals surface area contributed by atoms with Gasteiger partial charge in [-0.05, 0) is 32.0 Å². The molecule has 0 saturated carbocycles. The number of aliphatic carboxylic acids is 1. The van der Waals surface area contributed by atoms with Crippen LogP contribution in [-0.4, -0.2) is 77.2 Å². The molecule has 0 bridgehead atoms. The Morgan fingerprint density at radius 3 is 2.35 bits per heavy atom. The number of rotatable bonds is 7. The minimum atomic E-state index is -0.919. The SMILES string of the molecule is CCCN(CC(=O)O)C(C)C(=O)N1CCN(c2ccccc2O)CC1.Cl. The number of phenols is 1. The van der Waals surface area contributed by atoms with Gasteiger partial charge in [-0.25, -0.2) is 0 Å². The van der Waals surface area contributed by atoms with E-state index in [1.165, 1.54) is 0 Å². The van der Waals surface area contributed by atoms with Crippen LogP contribution in [0.1, 0.15) is 20.3 Å². The molecule has 1 unspecified atom stereocenters. The molecule has 0 spiro atoms. The second kappa shape index (κ2) is 10.2. The molecule has 1 atom stereocenters. The lowest BCUT2D eigenvalue weighted by molar-refractivity contribution is -0.142. The van der Waals surface area contributed by atoms with Crippen LogP contribution in [0, 0.1) is 0 Å². The van der Waals surface area contributed by atoms with Gasteiger partial charge in [0.25, 0.3) is 0 Å². The van der Waals surface area contributed by atoms with Gasteiger partial charge in [0, 0.05) is 26.2 Å². The Hall–Kier alpha value is -1.99. The number of hydrogen-bond acceptors (Lipinski definition) is 5. The van der Waals surface area contributed by atoms with Gasteiger partial charge in [0.1, 0.15) is 5.75 Å². The van der Waals surface area contributed by atoms with Crippen molar-refractivity contribution in [3.8, 4) is 5.75 Å². The molecule has 1 fully saturated rings. The quantitative estimate of drug-likeness (QED) is 0.742. The van der Waals surface area contributed by atoms with Crippen LogP contribution in [0.25, 0.3) is 0 Å². The van der Waals surface area contributed by atoms with Crippen LogP contribution in [0.15, 0.2) is 24.3 Å². The molecule has 146 valence electrons. The number of hydrogen-bond donors (Lipinski definition) is 2. The molecular formula is C18H28ClN3O4. The second-order valence-electron chi connectivity index (χ2n) is 6.34. The number of aromatic hydroxyl groups is 1. The summed E-state index contributed by atoms with van der Waals surface area (Å²) in [6, 6.07) is 6.73. The number of carboxylic acid groups (broad SMARTS) is 1. The molecule has 1 aromatic carbocycles. The van der Waals surface area contributed by atoms with Crippen molar-refractivity contribution >= 4 is 30.0 Å². The Balaban J connectivity index is 0.00000338. The van der Waals surface area contributed by atoms with Crippen LogP contribution in [0.2, 0.25) is 0 Å². The van der Waals surface area contributed by atoms with Gasteiger partial charge in [-0.15, -0.1) is 12.4 Å². The van der Waals surface area contributed by atoms with E-state index in [1.54, 1.807) is 28.9 Å².